The molecule has 0 unspecified atom stereocenters. The van der Waals surface area contributed by atoms with E-state index in [0.29, 0.717) is 0 Å². The molecule has 0 amide bonds. The lowest BCUT2D eigenvalue weighted by Gasteiger charge is -2.03. The Labute approximate surface area is 118 Å². The highest BCUT2D eigenvalue weighted by Gasteiger charge is 2.04. The van der Waals surface area contributed by atoms with Crippen molar-refractivity contribution in [1.82, 2.24) is 10.3 Å². The average Bonchev–Trinajstić information content (AvgIpc) is 2.58. The van der Waals surface area contributed by atoms with Crippen molar-refractivity contribution in [3.05, 3.63) is 49.3 Å². The maximum absolute atomic E-state index is 5.98. The van der Waals surface area contributed by atoms with Crippen molar-refractivity contribution in [1.29, 1.82) is 0 Å². The van der Waals surface area contributed by atoms with Crippen LogP contribution >= 0.6 is 38.9 Å². The summed E-state index contributed by atoms with van der Waals surface area (Å²) in [6.07, 6.45) is 0. The zero-order valence-electron chi connectivity index (χ0n) is 9.34. The van der Waals surface area contributed by atoms with Crippen LogP contribution < -0.4 is 5.32 Å². The van der Waals surface area contributed by atoms with Crippen molar-refractivity contribution in [2.45, 2.75) is 20.0 Å². The van der Waals surface area contributed by atoms with Gasteiger partial charge in [-0.15, -0.1) is 11.3 Å². The molecule has 0 radical (unpaired) electrons. The van der Waals surface area contributed by atoms with Crippen LogP contribution in [0, 0.1) is 6.92 Å². The summed E-state index contributed by atoms with van der Waals surface area (Å²) >= 11 is 11.0. The van der Waals surface area contributed by atoms with E-state index in [0.717, 1.165) is 33.3 Å². The number of pyridine rings is 1. The average molecular weight is 332 g/mol. The number of hydrogen-bond acceptors (Lipinski definition) is 3. The molecule has 2 aromatic rings. The number of aryl methyl sites for hydroxylation is 1. The van der Waals surface area contributed by atoms with E-state index in [1.807, 2.05) is 31.2 Å². The summed E-state index contributed by atoms with van der Waals surface area (Å²) < 4.78 is 1.77. The van der Waals surface area contributed by atoms with Crippen LogP contribution in [-0.4, -0.2) is 4.98 Å². The molecule has 2 nitrogen and oxygen atoms in total. The van der Waals surface area contributed by atoms with Crippen molar-refractivity contribution < 1.29 is 0 Å². The first-order chi connectivity index (χ1) is 8.15. The normalized spacial score (nSPS) is 10.8. The standard InChI is InChI=1S/C12H12BrClN2S/c1-8-3-2-4-9(16-8)6-15-7-10-5-11(13)12(14)17-10/h2-5,15H,6-7H2,1H3. The molecule has 1 N–H and O–H groups in total. The van der Waals surface area contributed by atoms with Gasteiger partial charge in [-0.2, -0.15) is 0 Å². The van der Waals surface area contributed by atoms with Gasteiger partial charge in [-0.3, -0.25) is 4.98 Å². The molecule has 0 spiro atoms. The number of nitrogens with one attached hydrogen (secondary N) is 1. The first-order valence-electron chi connectivity index (χ1n) is 5.22. The number of thiophene rings is 1. The molecule has 17 heavy (non-hydrogen) atoms. The van der Waals surface area contributed by atoms with E-state index in [1.165, 1.54) is 4.88 Å². The predicted octanol–water partition coefficient (Wildman–Crippen LogP) is 4.16. The van der Waals surface area contributed by atoms with Gasteiger partial charge >= 0.3 is 0 Å². The molecular weight excluding hydrogens is 320 g/mol. The van der Waals surface area contributed by atoms with Gasteiger partial charge in [-0.05, 0) is 41.1 Å². The van der Waals surface area contributed by atoms with Gasteiger partial charge in [0, 0.05) is 28.1 Å². The molecule has 0 aliphatic heterocycles. The van der Waals surface area contributed by atoms with E-state index < -0.39 is 0 Å². The third-order valence-electron chi connectivity index (χ3n) is 2.25. The molecule has 0 bridgehead atoms. The van der Waals surface area contributed by atoms with Gasteiger partial charge in [0.15, 0.2) is 0 Å². The molecule has 90 valence electrons. The largest absolute Gasteiger partial charge is 0.306 e. The fraction of sp³-hybridized carbons (Fsp3) is 0.250. The summed E-state index contributed by atoms with van der Waals surface area (Å²) in [4.78, 5) is 5.65. The van der Waals surface area contributed by atoms with Crippen LogP contribution in [0.25, 0.3) is 0 Å². The van der Waals surface area contributed by atoms with Gasteiger partial charge < -0.3 is 5.32 Å². The number of nitrogens with zero attached hydrogens (tertiary/aromatic N) is 1. The molecule has 0 saturated heterocycles. The molecule has 5 heteroatoms. The van der Waals surface area contributed by atoms with Crippen molar-refractivity contribution in [2.75, 3.05) is 0 Å². The molecule has 0 fully saturated rings. The van der Waals surface area contributed by atoms with Gasteiger partial charge in [-0.25, -0.2) is 0 Å². The number of aromatic nitrogens is 1. The highest BCUT2D eigenvalue weighted by atomic mass is 79.9. The molecule has 0 aliphatic carbocycles. The Balaban J connectivity index is 1.87. The second kappa shape index (κ2) is 5.96. The highest BCUT2D eigenvalue weighted by molar-refractivity contribution is 9.10. The van der Waals surface area contributed by atoms with Crippen LogP contribution in [0.2, 0.25) is 4.34 Å². The van der Waals surface area contributed by atoms with E-state index in [1.54, 1.807) is 11.3 Å². The lowest BCUT2D eigenvalue weighted by atomic mass is 10.3. The SMILES string of the molecule is Cc1cccc(CNCc2cc(Br)c(Cl)s2)n1. The minimum atomic E-state index is 0.773. The third kappa shape index (κ3) is 3.78. The summed E-state index contributed by atoms with van der Waals surface area (Å²) in [6.45, 7) is 3.58. The topological polar surface area (TPSA) is 24.9 Å². The zero-order valence-corrected chi connectivity index (χ0v) is 12.5. The molecule has 0 aliphatic rings. The second-order valence-electron chi connectivity index (χ2n) is 3.71. The van der Waals surface area contributed by atoms with E-state index >= 15 is 0 Å². The number of halogens is 2. The Morgan fingerprint density at radius 2 is 2.24 bits per heavy atom. The maximum Gasteiger partial charge on any atom is 0.107 e. The van der Waals surface area contributed by atoms with E-state index in [-0.39, 0.29) is 0 Å². The van der Waals surface area contributed by atoms with Crippen molar-refractivity contribution in [3.8, 4) is 0 Å². The van der Waals surface area contributed by atoms with Gasteiger partial charge in [0.05, 0.1) is 5.69 Å². The monoisotopic (exact) mass is 330 g/mol. The Kier molecular flexibility index (Phi) is 4.56. The zero-order chi connectivity index (χ0) is 12.3. The predicted molar refractivity (Wildman–Crippen MR) is 76.5 cm³/mol. The quantitative estimate of drug-likeness (QED) is 0.910. The summed E-state index contributed by atoms with van der Waals surface area (Å²) in [6, 6.07) is 8.10. The first-order valence-corrected chi connectivity index (χ1v) is 7.21. The Morgan fingerprint density at radius 3 is 2.88 bits per heavy atom. The molecule has 0 aromatic carbocycles. The van der Waals surface area contributed by atoms with Gasteiger partial charge in [0.2, 0.25) is 0 Å². The Morgan fingerprint density at radius 1 is 1.41 bits per heavy atom. The molecule has 0 saturated carbocycles. The van der Waals surface area contributed by atoms with Crippen LogP contribution in [0.1, 0.15) is 16.3 Å². The van der Waals surface area contributed by atoms with Gasteiger partial charge in [0.25, 0.3) is 0 Å². The van der Waals surface area contributed by atoms with E-state index in [9.17, 15) is 0 Å². The molecule has 2 aromatic heterocycles. The highest BCUT2D eigenvalue weighted by Crippen LogP contribution is 2.31. The fourth-order valence-electron chi connectivity index (χ4n) is 1.49. The lowest BCUT2D eigenvalue weighted by molar-refractivity contribution is 0.684. The number of hydrogen-bond donors (Lipinski definition) is 1. The lowest BCUT2D eigenvalue weighted by Crippen LogP contribution is -2.12. The van der Waals surface area contributed by atoms with Crippen LogP contribution in [0.15, 0.2) is 28.7 Å². The van der Waals surface area contributed by atoms with E-state index in [4.69, 9.17) is 11.6 Å². The summed E-state index contributed by atoms with van der Waals surface area (Å²) in [7, 11) is 0. The number of rotatable bonds is 4. The first kappa shape index (κ1) is 13.0. The minimum Gasteiger partial charge on any atom is -0.306 e. The Bertz CT molecular complexity index is 493. The van der Waals surface area contributed by atoms with Crippen molar-refractivity contribution in [2.24, 2.45) is 0 Å². The Hall–Kier alpha value is -0.420. The second-order valence-corrected chi connectivity index (χ2v) is 6.30. The van der Waals surface area contributed by atoms with Gasteiger partial charge in [0.1, 0.15) is 4.34 Å². The smallest absolute Gasteiger partial charge is 0.107 e. The van der Waals surface area contributed by atoms with Crippen molar-refractivity contribution in [3.63, 3.8) is 0 Å². The summed E-state index contributed by atoms with van der Waals surface area (Å²) in [5.41, 5.74) is 2.11. The van der Waals surface area contributed by atoms with Crippen LogP contribution in [0.5, 0.6) is 0 Å². The maximum atomic E-state index is 5.98. The summed E-state index contributed by atoms with van der Waals surface area (Å²) in [5, 5.41) is 3.35. The molecule has 0 atom stereocenters. The van der Waals surface area contributed by atoms with Crippen LogP contribution in [0.3, 0.4) is 0 Å². The minimum absolute atomic E-state index is 0.773. The van der Waals surface area contributed by atoms with E-state index in [2.05, 4.69) is 26.2 Å². The molecular formula is C12H12BrClN2S. The van der Waals surface area contributed by atoms with Crippen LogP contribution in [-0.2, 0) is 13.1 Å². The fourth-order valence-corrected chi connectivity index (χ4v) is 3.25. The van der Waals surface area contributed by atoms with Crippen LogP contribution in [0.4, 0.5) is 0 Å². The molecule has 2 heterocycles. The molecule has 2 rings (SSSR count). The van der Waals surface area contributed by atoms with Gasteiger partial charge in [-0.1, -0.05) is 17.7 Å². The van der Waals surface area contributed by atoms with Crippen molar-refractivity contribution >= 4 is 38.9 Å². The summed E-state index contributed by atoms with van der Waals surface area (Å²) in [5.74, 6) is 0. The third-order valence-corrected chi connectivity index (χ3v) is 4.72.